The van der Waals surface area contributed by atoms with Crippen molar-refractivity contribution in [1.82, 2.24) is 10.2 Å². The molecule has 23 heavy (non-hydrogen) atoms. The van der Waals surface area contributed by atoms with Crippen molar-refractivity contribution < 1.29 is 14.7 Å². The maximum atomic E-state index is 12.4. The molecule has 0 radical (unpaired) electrons. The number of rotatable bonds is 4. The first-order chi connectivity index (χ1) is 10.9. The summed E-state index contributed by atoms with van der Waals surface area (Å²) in [7, 11) is 0. The lowest BCUT2D eigenvalue weighted by molar-refractivity contribution is -0.143. The van der Waals surface area contributed by atoms with Gasteiger partial charge in [-0.05, 0) is 43.7 Å². The Morgan fingerprint density at radius 3 is 2.70 bits per heavy atom. The number of piperidine rings is 1. The lowest BCUT2D eigenvalue weighted by Crippen LogP contribution is -2.51. The predicted octanol–water partition coefficient (Wildman–Crippen LogP) is 2.68. The van der Waals surface area contributed by atoms with E-state index in [-0.39, 0.29) is 18.0 Å². The summed E-state index contributed by atoms with van der Waals surface area (Å²) in [5, 5.41) is 12.2. The van der Waals surface area contributed by atoms with Crippen LogP contribution in [0.5, 0.6) is 0 Å². The maximum absolute atomic E-state index is 12.4. The van der Waals surface area contributed by atoms with Gasteiger partial charge in [0.25, 0.3) is 0 Å². The quantitative estimate of drug-likeness (QED) is 0.897. The highest BCUT2D eigenvalue weighted by molar-refractivity contribution is 5.76. The number of carboxylic acid groups (broad SMARTS) is 1. The van der Waals surface area contributed by atoms with Crippen molar-refractivity contribution in [2.24, 2.45) is 11.8 Å². The monoisotopic (exact) mass is 318 g/mol. The number of carboxylic acids is 1. The standard InChI is InChI=1S/C18H26N2O3/c1-12-8-16(17(21)22)11-20(10-12)18(23)19-14(3)9-15-7-5-4-6-13(15)2/h4-7,12,14,16H,8-11H2,1-3H3,(H,19,23)(H,21,22). The highest BCUT2D eigenvalue weighted by Gasteiger charge is 2.32. The van der Waals surface area contributed by atoms with Gasteiger partial charge in [-0.3, -0.25) is 4.79 Å². The number of benzene rings is 1. The molecule has 2 rings (SSSR count). The molecule has 2 N–H and O–H groups in total. The fourth-order valence-electron chi connectivity index (χ4n) is 3.22. The van der Waals surface area contributed by atoms with E-state index in [9.17, 15) is 14.7 Å². The number of urea groups is 1. The zero-order valence-corrected chi connectivity index (χ0v) is 14.1. The second-order valence-corrected chi connectivity index (χ2v) is 6.76. The molecule has 0 saturated carbocycles. The van der Waals surface area contributed by atoms with Gasteiger partial charge in [-0.15, -0.1) is 0 Å². The lowest BCUT2D eigenvalue weighted by atomic mass is 9.91. The molecule has 2 amide bonds. The largest absolute Gasteiger partial charge is 0.481 e. The first-order valence-electron chi connectivity index (χ1n) is 8.19. The van der Waals surface area contributed by atoms with Crippen molar-refractivity contribution >= 4 is 12.0 Å². The fourth-order valence-corrected chi connectivity index (χ4v) is 3.22. The molecule has 1 aliphatic heterocycles. The molecule has 1 heterocycles. The second kappa shape index (κ2) is 7.49. The fraction of sp³-hybridized carbons (Fsp3) is 0.556. The number of hydrogen-bond acceptors (Lipinski definition) is 2. The van der Waals surface area contributed by atoms with Crippen LogP contribution in [0.25, 0.3) is 0 Å². The summed E-state index contributed by atoms with van der Waals surface area (Å²) >= 11 is 0. The minimum absolute atomic E-state index is 0.00381. The Kier molecular flexibility index (Phi) is 5.64. The van der Waals surface area contributed by atoms with Crippen molar-refractivity contribution in [3.63, 3.8) is 0 Å². The van der Waals surface area contributed by atoms with E-state index in [2.05, 4.69) is 24.4 Å². The third-order valence-electron chi connectivity index (χ3n) is 4.45. The van der Waals surface area contributed by atoms with E-state index in [1.165, 1.54) is 11.1 Å². The molecular formula is C18H26N2O3. The van der Waals surface area contributed by atoms with Crippen LogP contribution in [-0.4, -0.2) is 41.1 Å². The van der Waals surface area contributed by atoms with E-state index in [1.807, 2.05) is 26.0 Å². The van der Waals surface area contributed by atoms with Gasteiger partial charge < -0.3 is 15.3 Å². The van der Waals surface area contributed by atoms with Crippen LogP contribution < -0.4 is 5.32 Å². The molecule has 1 saturated heterocycles. The van der Waals surface area contributed by atoms with E-state index >= 15 is 0 Å². The van der Waals surface area contributed by atoms with E-state index in [1.54, 1.807) is 4.90 Å². The number of amides is 2. The van der Waals surface area contributed by atoms with Crippen LogP contribution in [-0.2, 0) is 11.2 Å². The number of carbonyl (C=O) groups excluding carboxylic acids is 1. The van der Waals surface area contributed by atoms with Crippen molar-refractivity contribution in [3.05, 3.63) is 35.4 Å². The van der Waals surface area contributed by atoms with Gasteiger partial charge in [0.05, 0.1) is 5.92 Å². The highest BCUT2D eigenvalue weighted by Crippen LogP contribution is 2.22. The Balaban J connectivity index is 1.92. The summed E-state index contributed by atoms with van der Waals surface area (Å²) in [6, 6.07) is 7.98. The molecule has 1 fully saturated rings. The Labute approximate surface area is 137 Å². The predicted molar refractivity (Wildman–Crippen MR) is 89.4 cm³/mol. The molecule has 0 spiro atoms. The summed E-state index contributed by atoms with van der Waals surface area (Å²) in [5.74, 6) is -1.07. The number of likely N-dealkylation sites (tertiary alicyclic amines) is 1. The lowest BCUT2D eigenvalue weighted by Gasteiger charge is -2.35. The van der Waals surface area contributed by atoms with Gasteiger partial charge >= 0.3 is 12.0 Å². The molecule has 3 atom stereocenters. The number of aryl methyl sites for hydroxylation is 1. The number of nitrogens with one attached hydrogen (secondary N) is 1. The van der Waals surface area contributed by atoms with Crippen LogP contribution in [0.4, 0.5) is 4.79 Å². The van der Waals surface area contributed by atoms with Crippen LogP contribution in [0, 0.1) is 18.8 Å². The zero-order valence-electron chi connectivity index (χ0n) is 14.1. The molecule has 1 aromatic carbocycles. The molecular weight excluding hydrogens is 292 g/mol. The summed E-state index contributed by atoms with van der Waals surface area (Å²) < 4.78 is 0. The number of aliphatic carboxylic acids is 1. The van der Waals surface area contributed by atoms with Gasteiger partial charge in [0.2, 0.25) is 0 Å². The summed E-state index contributed by atoms with van der Waals surface area (Å²) in [5.41, 5.74) is 2.43. The molecule has 3 unspecified atom stereocenters. The summed E-state index contributed by atoms with van der Waals surface area (Å²) in [6.07, 6.45) is 1.40. The number of carbonyl (C=O) groups is 2. The smallest absolute Gasteiger partial charge is 0.317 e. The van der Waals surface area contributed by atoms with Gasteiger partial charge in [-0.2, -0.15) is 0 Å². The Morgan fingerprint density at radius 2 is 2.04 bits per heavy atom. The average Bonchev–Trinajstić information content (AvgIpc) is 2.48. The summed E-state index contributed by atoms with van der Waals surface area (Å²) in [4.78, 5) is 25.3. The molecule has 0 aromatic heterocycles. The molecule has 5 nitrogen and oxygen atoms in total. The van der Waals surface area contributed by atoms with E-state index in [0.29, 0.717) is 19.5 Å². The molecule has 126 valence electrons. The Bertz CT molecular complexity index is 573. The topological polar surface area (TPSA) is 69.6 Å². The van der Waals surface area contributed by atoms with Gasteiger partial charge in [-0.1, -0.05) is 31.2 Å². The van der Waals surface area contributed by atoms with Crippen LogP contribution in [0.15, 0.2) is 24.3 Å². The first-order valence-corrected chi connectivity index (χ1v) is 8.19. The van der Waals surface area contributed by atoms with Crippen molar-refractivity contribution in [1.29, 1.82) is 0 Å². The van der Waals surface area contributed by atoms with Crippen LogP contribution in [0.3, 0.4) is 0 Å². The zero-order chi connectivity index (χ0) is 17.0. The van der Waals surface area contributed by atoms with Gasteiger partial charge in [0.1, 0.15) is 0 Å². The first kappa shape index (κ1) is 17.3. The average molecular weight is 318 g/mol. The van der Waals surface area contributed by atoms with Crippen LogP contribution >= 0.6 is 0 Å². The van der Waals surface area contributed by atoms with E-state index < -0.39 is 11.9 Å². The third-order valence-corrected chi connectivity index (χ3v) is 4.45. The van der Waals surface area contributed by atoms with E-state index in [4.69, 9.17) is 0 Å². The number of nitrogens with zero attached hydrogens (tertiary/aromatic N) is 1. The Morgan fingerprint density at radius 1 is 1.35 bits per heavy atom. The molecule has 1 aromatic rings. The highest BCUT2D eigenvalue weighted by atomic mass is 16.4. The van der Waals surface area contributed by atoms with Crippen molar-refractivity contribution in [3.8, 4) is 0 Å². The SMILES string of the molecule is Cc1ccccc1CC(C)NC(=O)N1CC(C)CC(C(=O)O)C1. The third kappa shape index (κ3) is 4.71. The van der Waals surface area contributed by atoms with Crippen LogP contribution in [0.2, 0.25) is 0 Å². The molecule has 0 bridgehead atoms. The van der Waals surface area contributed by atoms with Crippen molar-refractivity contribution in [2.45, 2.75) is 39.7 Å². The van der Waals surface area contributed by atoms with Gasteiger partial charge in [-0.25, -0.2) is 4.79 Å². The second-order valence-electron chi connectivity index (χ2n) is 6.76. The van der Waals surface area contributed by atoms with Gasteiger partial charge in [0.15, 0.2) is 0 Å². The molecule has 0 aliphatic carbocycles. The van der Waals surface area contributed by atoms with Crippen molar-refractivity contribution in [2.75, 3.05) is 13.1 Å². The normalized spacial score (nSPS) is 22.5. The Hall–Kier alpha value is -2.04. The van der Waals surface area contributed by atoms with Gasteiger partial charge in [0, 0.05) is 19.1 Å². The molecule has 1 aliphatic rings. The minimum Gasteiger partial charge on any atom is -0.481 e. The minimum atomic E-state index is -0.817. The maximum Gasteiger partial charge on any atom is 0.317 e. The van der Waals surface area contributed by atoms with Crippen LogP contribution in [0.1, 0.15) is 31.4 Å². The number of hydrogen-bond donors (Lipinski definition) is 2. The van der Waals surface area contributed by atoms with E-state index in [0.717, 1.165) is 6.42 Å². The molecule has 5 heteroatoms. The summed E-state index contributed by atoms with van der Waals surface area (Å²) in [6.45, 7) is 6.95.